The fourth-order valence-corrected chi connectivity index (χ4v) is 6.25. The maximum absolute atomic E-state index is 13.0. The van der Waals surface area contributed by atoms with Gasteiger partial charge in [0.1, 0.15) is 0 Å². The van der Waals surface area contributed by atoms with Gasteiger partial charge in [-0.25, -0.2) is 8.42 Å². The summed E-state index contributed by atoms with van der Waals surface area (Å²) in [5.41, 5.74) is 0.719. The van der Waals surface area contributed by atoms with Crippen LogP contribution in [0.4, 0.5) is 5.69 Å². The summed E-state index contributed by atoms with van der Waals surface area (Å²) >= 11 is 1.69. The Morgan fingerprint density at radius 3 is 2.67 bits per heavy atom. The highest BCUT2D eigenvalue weighted by atomic mass is 32.2. The molecule has 132 valence electrons. The van der Waals surface area contributed by atoms with Gasteiger partial charge in [-0.2, -0.15) is 4.31 Å². The van der Waals surface area contributed by atoms with Crippen LogP contribution in [-0.2, 0) is 14.8 Å². The summed E-state index contributed by atoms with van der Waals surface area (Å²) in [7, 11) is -3.52. The van der Waals surface area contributed by atoms with E-state index in [9.17, 15) is 13.2 Å². The third-order valence-electron chi connectivity index (χ3n) is 4.72. The molecule has 2 atom stereocenters. The SMILES string of the molecule is CC(=O)N1CC(C)Sc2ccc(S(=O)(=O)N3CCCCC3C)cc21. The molecule has 1 saturated heterocycles. The number of anilines is 1. The molecule has 0 aliphatic carbocycles. The first-order valence-electron chi connectivity index (χ1n) is 8.41. The first kappa shape index (κ1) is 17.8. The van der Waals surface area contributed by atoms with Crippen molar-refractivity contribution in [2.45, 2.75) is 61.1 Å². The highest BCUT2D eigenvalue weighted by Gasteiger charge is 2.33. The third kappa shape index (κ3) is 3.21. The van der Waals surface area contributed by atoms with Crippen LogP contribution in [-0.4, -0.2) is 43.0 Å². The predicted octanol–water partition coefficient (Wildman–Crippen LogP) is 3.10. The molecule has 0 N–H and O–H groups in total. The number of thioether (sulfide) groups is 1. The maximum Gasteiger partial charge on any atom is 0.243 e. The molecule has 2 aliphatic heterocycles. The van der Waals surface area contributed by atoms with Crippen molar-refractivity contribution < 1.29 is 13.2 Å². The van der Waals surface area contributed by atoms with Crippen LogP contribution < -0.4 is 4.90 Å². The molecule has 1 aromatic carbocycles. The highest BCUT2D eigenvalue weighted by Crippen LogP contribution is 2.40. The van der Waals surface area contributed by atoms with Crippen molar-refractivity contribution in [1.82, 2.24) is 4.31 Å². The number of hydrogen-bond acceptors (Lipinski definition) is 4. The average molecular weight is 369 g/mol. The van der Waals surface area contributed by atoms with Gasteiger partial charge in [0.2, 0.25) is 15.9 Å². The number of carbonyl (C=O) groups excluding carboxylic acids is 1. The smallest absolute Gasteiger partial charge is 0.243 e. The minimum atomic E-state index is -3.52. The van der Waals surface area contributed by atoms with Crippen molar-refractivity contribution in [3.05, 3.63) is 18.2 Å². The van der Waals surface area contributed by atoms with Crippen LogP contribution in [0.3, 0.4) is 0 Å². The summed E-state index contributed by atoms with van der Waals surface area (Å²) in [6.45, 7) is 6.75. The zero-order valence-electron chi connectivity index (χ0n) is 14.4. The number of amides is 1. The van der Waals surface area contributed by atoms with Gasteiger partial charge in [0.05, 0.1) is 10.6 Å². The van der Waals surface area contributed by atoms with Crippen LogP contribution in [0.1, 0.15) is 40.0 Å². The lowest BCUT2D eigenvalue weighted by Crippen LogP contribution is -2.42. The second-order valence-electron chi connectivity index (χ2n) is 6.65. The molecule has 2 aliphatic rings. The molecule has 1 amide bonds. The molecule has 2 unspecified atom stereocenters. The van der Waals surface area contributed by atoms with Crippen LogP contribution in [0.5, 0.6) is 0 Å². The van der Waals surface area contributed by atoms with Gasteiger partial charge in [-0.3, -0.25) is 4.79 Å². The van der Waals surface area contributed by atoms with E-state index in [2.05, 4.69) is 6.92 Å². The number of benzene rings is 1. The lowest BCUT2D eigenvalue weighted by Gasteiger charge is -2.34. The molecular weight excluding hydrogens is 344 g/mol. The molecule has 5 nitrogen and oxygen atoms in total. The Bertz CT molecular complexity index is 748. The van der Waals surface area contributed by atoms with Gasteiger partial charge < -0.3 is 4.90 Å². The summed E-state index contributed by atoms with van der Waals surface area (Å²) < 4.78 is 27.7. The average Bonchev–Trinajstić information content (AvgIpc) is 2.53. The fraction of sp³-hybridized carbons (Fsp3) is 0.588. The molecular formula is C17H24N2O3S2. The lowest BCUT2D eigenvalue weighted by molar-refractivity contribution is -0.116. The highest BCUT2D eigenvalue weighted by molar-refractivity contribution is 8.00. The number of fused-ring (bicyclic) bond motifs is 1. The van der Waals surface area contributed by atoms with Gasteiger partial charge >= 0.3 is 0 Å². The largest absolute Gasteiger partial charge is 0.310 e. The number of piperidine rings is 1. The van der Waals surface area contributed by atoms with Crippen molar-refractivity contribution in [3.8, 4) is 0 Å². The zero-order chi connectivity index (χ0) is 17.5. The van der Waals surface area contributed by atoms with Gasteiger partial charge in [0.25, 0.3) is 0 Å². The summed E-state index contributed by atoms with van der Waals surface area (Å²) in [4.78, 5) is 14.9. The van der Waals surface area contributed by atoms with E-state index in [0.717, 1.165) is 29.8 Å². The monoisotopic (exact) mass is 368 g/mol. The van der Waals surface area contributed by atoms with E-state index in [1.807, 2.05) is 13.0 Å². The van der Waals surface area contributed by atoms with E-state index in [4.69, 9.17) is 0 Å². The molecule has 2 heterocycles. The molecule has 7 heteroatoms. The molecule has 1 aromatic rings. The van der Waals surface area contributed by atoms with Crippen molar-refractivity contribution in [2.24, 2.45) is 0 Å². The summed E-state index contributed by atoms with van der Waals surface area (Å²) in [5, 5.41) is 0.297. The number of sulfonamides is 1. The number of rotatable bonds is 2. The van der Waals surface area contributed by atoms with Crippen LogP contribution in [0, 0.1) is 0 Å². The van der Waals surface area contributed by atoms with E-state index in [1.54, 1.807) is 33.1 Å². The van der Waals surface area contributed by atoms with E-state index < -0.39 is 10.0 Å². The maximum atomic E-state index is 13.0. The summed E-state index contributed by atoms with van der Waals surface area (Å²) in [6.07, 6.45) is 2.88. The fourth-order valence-electron chi connectivity index (χ4n) is 3.44. The van der Waals surface area contributed by atoms with Crippen molar-refractivity contribution >= 4 is 33.4 Å². The van der Waals surface area contributed by atoms with Crippen molar-refractivity contribution in [1.29, 1.82) is 0 Å². The lowest BCUT2D eigenvalue weighted by atomic mass is 10.1. The molecule has 24 heavy (non-hydrogen) atoms. The molecule has 0 bridgehead atoms. The van der Waals surface area contributed by atoms with Crippen molar-refractivity contribution in [2.75, 3.05) is 18.0 Å². The Morgan fingerprint density at radius 2 is 2.00 bits per heavy atom. The van der Waals surface area contributed by atoms with Gasteiger partial charge in [-0.05, 0) is 38.0 Å². The van der Waals surface area contributed by atoms with E-state index in [1.165, 1.54) is 6.92 Å². The Balaban J connectivity index is 2.01. The molecule has 1 fully saturated rings. The van der Waals surface area contributed by atoms with Gasteiger partial charge in [0, 0.05) is 36.2 Å². The second-order valence-corrected chi connectivity index (χ2v) is 10.0. The number of carbonyl (C=O) groups is 1. The first-order chi connectivity index (χ1) is 11.3. The van der Waals surface area contributed by atoms with Gasteiger partial charge in [0.15, 0.2) is 0 Å². The molecule has 0 saturated carbocycles. The molecule has 0 radical (unpaired) electrons. The van der Waals surface area contributed by atoms with Crippen molar-refractivity contribution in [3.63, 3.8) is 0 Å². The number of hydrogen-bond donors (Lipinski definition) is 0. The molecule has 0 aromatic heterocycles. The predicted molar refractivity (Wildman–Crippen MR) is 97.0 cm³/mol. The molecule has 0 spiro atoms. The summed E-state index contributed by atoms with van der Waals surface area (Å²) in [6, 6.07) is 5.22. The minimum absolute atomic E-state index is 0.0260. The Morgan fingerprint density at radius 1 is 1.25 bits per heavy atom. The summed E-state index contributed by atoms with van der Waals surface area (Å²) in [5.74, 6) is -0.0516. The Kier molecular flexibility index (Phi) is 4.95. The zero-order valence-corrected chi connectivity index (χ0v) is 16.0. The normalized spacial score (nSPS) is 25.4. The quantitative estimate of drug-likeness (QED) is 0.805. The standard InChI is InChI=1S/C17H24N2O3S2/c1-12-6-4-5-9-19(12)24(21,22)15-7-8-17-16(10-15)18(14(3)20)11-13(2)23-17/h7-8,10,12-13H,4-6,9,11H2,1-3H3. The van der Waals surface area contributed by atoms with Gasteiger partial charge in [-0.15, -0.1) is 11.8 Å². The minimum Gasteiger partial charge on any atom is -0.310 e. The Labute approximate surface area is 148 Å². The van der Waals surface area contributed by atoms with Crippen LogP contribution >= 0.6 is 11.8 Å². The first-order valence-corrected chi connectivity index (χ1v) is 10.7. The van der Waals surface area contributed by atoms with Gasteiger partial charge in [-0.1, -0.05) is 13.3 Å². The van der Waals surface area contributed by atoms with Crippen LogP contribution in [0.25, 0.3) is 0 Å². The molecule has 3 rings (SSSR count). The van der Waals surface area contributed by atoms with E-state index in [0.29, 0.717) is 18.3 Å². The van der Waals surface area contributed by atoms with E-state index >= 15 is 0 Å². The number of nitrogens with zero attached hydrogens (tertiary/aromatic N) is 2. The Hall–Kier alpha value is -1.05. The second kappa shape index (κ2) is 6.69. The third-order valence-corrected chi connectivity index (χ3v) is 7.88. The van der Waals surface area contributed by atoms with Crippen LogP contribution in [0.15, 0.2) is 28.0 Å². The van der Waals surface area contributed by atoms with Crippen LogP contribution in [0.2, 0.25) is 0 Å². The topological polar surface area (TPSA) is 57.7 Å². The van der Waals surface area contributed by atoms with E-state index in [-0.39, 0.29) is 16.8 Å².